The van der Waals surface area contributed by atoms with Crippen molar-refractivity contribution in [2.24, 2.45) is 0 Å². The van der Waals surface area contributed by atoms with Gasteiger partial charge in [-0.2, -0.15) is 35.4 Å². The van der Waals surface area contributed by atoms with Crippen LogP contribution in [0.25, 0.3) is 0 Å². The van der Waals surface area contributed by atoms with E-state index in [9.17, 15) is 0 Å². The maximum absolute atomic E-state index is 3.29. The summed E-state index contributed by atoms with van der Waals surface area (Å²) in [5.74, 6) is 0. The van der Waals surface area contributed by atoms with Crippen molar-refractivity contribution in [2.75, 3.05) is 0 Å². The Labute approximate surface area is 240 Å². The average molecular weight is 577 g/mol. The molecular weight excluding hydrogens is 530 g/mol. The summed E-state index contributed by atoms with van der Waals surface area (Å²) in [4.78, 5) is 6.59. The molecule has 4 aromatic rings. The van der Waals surface area contributed by atoms with Crippen LogP contribution in [-0.2, 0) is 33.8 Å². The summed E-state index contributed by atoms with van der Waals surface area (Å²) in [6, 6.07) is 19.4. The number of H-pyrrole nitrogens is 2. The van der Waals surface area contributed by atoms with E-state index in [1.807, 2.05) is 42.7 Å². The molecule has 1 atom stereocenters. The van der Waals surface area contributed by atoms with Gasteiger partial charge in [0.25, 0.3) is 0 Å². The van der Waals surface area contributed by atoms with Crippen LogP contribution in [0.3, 0.4) is 0 Å². The Kier molecular flexibility index (Phi) is 10.5. The van der Waals surface area contributed by atoms with E-state index in [1.54, 1.807) is 0 Å². The molecular formula is C32H46FeN2P2. The smallest absolute Gasteiger partial charge is 0.367 e. The predicted octanol–water partition coefficient (Wildman–Crippen LogP) is 9.51. The van der Waals surface area contributed by atoms with Crippen molar-refractivity contribution in [3.8, 4) is 0 Å². The Morgan fingerprint density at radius 2 is 1.30 bits per heavy atom. The van der Waals surface area contributed by atoms with Crippen molar-refractivity contribution in [1.82, 2.24) is 9.97 Å². The fourth-order valence-electron chi connectivity index (χ4n) is 5.07. The Balaban J connectivity index is 0.000000716. The Morgan fingerprint density at radius 3 is 1.62 bits per heavy atom. The van der Waals surface area contributed by atoms with Gasteiger partial charge in [-0.3, -0.25) is 0 Å². The number of aromatic amines is 2. The monoisotopic (exact) mass is 576 g/mol. The minimum atomic E-state index is -0.282. The third-order valence-corrected chi connectivity index (χ3v) is 11.8. The molecule has 37 heavy (non-hydrogen) atoms. The van der Waals surface area contributed by atoms with Crippen LogP contribution in [0.5, 0.6) is 0 Å². The molecule has 0 aliphatic heterocycles. The van der Waals surface area contributed by atoms with Crippen LogP contribution in [0.2, 0.25) is 0 Å². The molecule has 2 nitrogen and oxygen atoms in total. The molecule has 0 saturated heterocycles. The summed E-state index contributed by atoms with van der Waals surface area (Å²) >= 11 is 0. The van der Waals surface area contributed by atoms with Gasteiger partial charge in [-0.25, -0.2) is 18.2 Å². The number of nitrogens with one attached hydrogen (secondary N) is 2. The van der Waals surface area contributed by atoms with Crippen molar-refractivity contribution >= 4 is 17.2 Å². The predicted molar refractivity (Wildman–Crippen MR) is 164 cm³/mol. The first-order valence-electron chi connectivity index (χ1n) is 13.0. The van der Waals surface area contributed by atoms with Crippen molar-refractivity contribution in [3.05, 3.63) is 107 Å². The van der Waals surface area contributed by atoms with Gasteiger partial charge in [-0.15, -0.1) is 22.7 Å². The van der Waals surface area contributed by atoms with E-state index in [1.165, 1.54) is 27.8 Å². The van der Waals surface area contributed by atoms with Crippen LogP contribution < -0.4 is 0 Å². The maximum atomic E-state index is 3.29. The zero-order chi connectivity index (χ0) is 26.8. The number of aromatic nitrogens is 2. The van der Waals surface area contributed by atoms with E-state index in [0.29, 0.717) is 0 Å². The molecule has 202 valence electrons. The van der Waals surface area contributed by atoms with Crippen LogP contribution in [-0.4, -0.2) is 20.3 Å². The van der Waals surface area contributed by atoms with Gasteiger partial charge < -0.3 is 9.97 Å². The Hall–Kier alpha value is -1.36. The first-order valence-corrected chi connectivity index (χ1v) is 15.1. The molecule has 0 spiro atoms. The van der Waals surface area contributed by atoms with Crippen molar-refractivity contribution in [3.63, 3.8) is 0 Å². The molecule has 0 aliphatic rings. The first-order chi connectivity index (χ1) is 16.6. The molecule has 0 bridgehead atoms. The SMILES string of the molecule is CC(C)(C)c1cc(CP(C(C)(C)C)C(C)(C)C)c(C(P)(c2cc[nH]c2)c2cc[nH]c2)[cH-]1.[Fe+2].c1cc[cH-]c1. The molecule has 2 N–H and O–H groups in total. The zero-order valence-corrected chi connectivity index (χ0v) is 27.2. The second-order valence-electron chi connectivity index (χ2n) is 12.8. The van der Waals surface area contributed by atoms with Gasteiger partial charge in [0.2, 0.25) is 0 Å². The summed E-state index contributed by atoms with van der Waals surface area (Å²) < 4.78 is 0. The molecule has 0 fully saturated rings. The second kappa shape index (κ2) is 12.2. The number of rotatable bonds is 5. The van der Waals surface area contributed by atoms with E-state index >= 15 is 0 Å². The Bertz CT molecular complexity index is 1100. The van der Waals surface area contributed by atoms with Gasteiger partial charge in [-0.1, -0.05) is 68.5 Å². The normalized spacial score (nSPS) is 12.7. The number of hydrogen-bond acceptors (Lipinski definition) is 0. The first kappa shape index (κ1) is 31.9. The van der Waals surface area contributed by atoms with Crippen LogP contribution in [0.15, 0.2) is 79.4 Å². The average Bonchev–Trinajstić information content (AvgIpc) is 3.57. The van der Waals surface area contributed by atoms with Crippen LogP contribution in [0.1, 0.15) is 90.1 Å². The fourth-order valence-corrected chi connectivity index (χ4v) is 9.27. The largest absolute Gasteiger partial charge is 2.00 e. The zero-order valence-electron chi connectivity index (χ0n) is 24.1. The van der Waals surface area contributed by atoms with Crippen molar-refractivity contribution in [1.29, 1.82) is 0 Å². The summed E-state index contributed by atoms with van der Waals surface area (Å²) in [7, 11) is 2.98. The summed E-state index contributed by atoms with van der Waals surface area (Å²) in [6.45, 7) is 21.5. The van der Waals surface area contributed by atoms with Gasteiger partial charge in [-0.05, 0) is 39.0 Å². The van der Waals surface area contributed by atoms with Crippen molar-refractivity contribution in [2.45, 2.75) is 89.4 Å². The van der Waals surface area contributed by atoms with Crippen LogP contribution in [0, 0.1) is 0 Å². The molecule has 0 aliphatic carbocycles. The molecule has 4 rings (SSSR count). The van der Waals surface area contributed by atoms with Crippen LogP contribution >= 0.6 is 17.2 Å². The molecule has 2 aromatic heterocycles. The Morgan fingerprint density at radius 1 is 0.811 bits per heavy atom. The maximum Gasteiger partial charge on any atom is 2.00 e. The van der Waals surface area contributed by atoms with Crippen molar-refractivity contribution < 1.29 is 17.1 Å². The topological polar surface area (TPSA) is 31.6 Å². The third-order valence-electron chi connectivity index (χ3n) is 6.88. The third kappa shape index (κ3) is 7.61. The van der Waals surface area contributed by atoms with E-state index < -0.39 is 0 Å². The quantitative estimate of drug-likeness (QED) is 0.135. The van der Waals surface area contributed by atoms with Gasteiger partial charge in [0.15, 0.2) is 0 Å². The minimum absolute atomic E-state index is 0. The van der Waals surface area contributed by atoms with Gasteiger partial charge >= 0.3 is 17.1 Å². The standard InChI is InChI=1S/C27H41N2P2.C5H5.Fe/c1-24(2,3)22-14-19(18-31(25(4,5)6)26(7,8)9)23(15-22)27(30,20-10-12-28-16-20)21-11-13-29-17-21;1-2-4-5-3-1;/h10-17,28-29H,18,30H2,1-9H3;1-5H;/q2*-1;+2. The summed E-state index contributed by atoms with van der Waals surface area (Å²) in [6.07, 6.45) is 9.49. The molecule has 0 saturated carbocycles. The second-order valence-corrected chi connectivity index (χ2v) is 17.6. The fraction of sp³-hybridized carbons (Fsp3) is 0.438. The van der Waals surface area contributed by atoms with E-state index in [2.05, 4.69) is 118 Å². The molecule has 1 unspecified atom stereocenters. The minimum Gasteiger partial charge on any atom is -0.367 e. The van der Waals surface area contributed by atoms with Gasteiger partial charge in [0.1, 0.15) is 0 Å². The summed E-state index contributed by atoms with van der Waals surface area (Å²) in [5.41, 5.74) is 7.01. The van der Waals surface area contributed by atoms with Gasteiger partial charge in [0, 0.05) is 29.9 Å². The van der Waals surface area contributed by atoms with E-state index in [-0.39, 0.29) is 45.9 Å². The van der Waals surface area contributed by atoms with Gasteiger partial charge in [0.05, 0.1) is 0 Å². The number of hydrogen-bond donors (Lipinski definition) is 2. The molecule has 0 radical (unpaired) electrons. The van der Waals surface area contributed by atoms with E-state index in [4.69, 9.17) is 0 Å². The molecule has 0 amide bonds. The van der Waals surface area contributed by atoms with E-state index in [0.717, 1.165) is 6.16 Å². The molecule has 2 aromatic carbocycles. The van der Waals surface area contributed by atoms with Crippen LogP contribution in [0.4, 0.5) is 0 Å². The molecule has 2 heterocycles. The summed E-state index contributed by atoms with van der Waals surface area (Å²) in [5, 5.41) is 0.293. The molecule has 5 heteroatoms.